The van der Waals surface area contributed by atoms with E-state index in [-0.39, 0.29) is 0 Å². The van der Waals surface area contributed by atoms with Crippen molar-refractivity contribution in [2.24, 2.45) is 0 Å². The second-order valence-electron chi connectivity index (χ2n) is 4.48. The molecule has 0 amide bonds. The van der Waals surface area contributed by atoms with E-state index in [1.54, 1.807) is 13.8 Å². The molecule has 0 spiro atoms. The van der Waals surface area contributed by atoms with E-state index >= 15 is 0 Å². The van der Waals surface area contributed by atoms with E-state index in [1.165, 1.54) is 0 Å². The van der Waals surface area contributed by atoms with Gasteiger partial charge < -0.3 is 24.8 Å². The van der Waals surface area contributed by atoms with Crippen LogP contribution in [0.25, 0.3) is 0 Å². The molecule has 6 heteroatoms. The summed E-state index contributed by atoms with van der Waals surface area (Å²) >= 11 is 0. The lowest BCUT2D eigenvalue weighted by molar-refractivity contribution is -0.171. The van der Waals surface area contributed by atoms with Gasteiger partial charge in [0.15, 0.2) is 12.0 Å². The fourth-order valence-electron chi connectivity index (χ4n) is 2.11. The van der Waals surface area contributed by atoms with Crippen LogP contribution in [0, 0.1) is 0 Å². The Morgan fingerprint density at radius 2 is 1.40 bits per heavy atom. The molecule has 1 aliphatic carbocycles. The van der Waals surface area contributed by atoms with Crippen LogP contribution in [0.4, 0.5) is 4.39 Å². The zero-order valence-corrected chi connectivity index (χ0v) is 8.50. The van der Waals surface area contributed by atoms with Crippen molar-refractivity contribution < 1.29 is 29.2 Å². The molecule has 2 aliphatic rings. The van der Waals surface area contributed by atoms with Gasteiger partial charge in [0.25, 0.3) is 0 Å². The van der Waals surface area contributed by atoms with Gasteiger partial charge in [-0.05, 0) is 13.8 Å². The van der Waals surface area contributed by atoms with Crippen LogP contribution in [0.5, 0.6) is 0 Å². The Bertz CT molecular complexity index is 235. The van der Waals surface area contributed by atoms with Gasteiger partial charge in [-0.2, -0.15) is 0 Å². The molecule has 0 bridgehead atoms. The Balaban J connectivity index is 2.23. The number of hydrogen-bond acceptors (Lipinski definition) is 5. The maximum atomic E-state index is 13.3. The zero-order valence-electron chi connectivity index (χ0n) is 8.50. The molecule has 6 atom stereocenters. The standard InChI is InChI=1S/C9H15FO5/c1-9(2)14-7-5(12)3(10)4(11)6(13)8(7)15-9/h3-8,11-13H,1-2H3/t3-,4-,5+,6-,7-,8+/m1/s1. The summed E-state index contributed by atoms with van der Waals surface area (Å²) in [7, 11) is 0. The fourth-order valence-corrected chi connectivity index (χ4v) is 2.11. The van der Waals surface area contributed by atoms with Crippen LogP contribution in [0.15, 0.2) is 0 Å². The number of ether oxygens (including phenoxy) is 2. The molecule has 88 valence electrons. The summed E-state index contributed by atoms with van der Waals surface area (Å²) in [6.07, 6.45) is -8.24. The highest BCUT2D eigenvalue weighted by atomic mass is 19.1. The first-order chi connectivity index (χ1) is 6.83. The SMILES string of the molecule is CC1(C)O[C@@H]2[C@@H](O)[C@H](F)[C@@H](O)[C@@H](O)[C@@H]2O1. The first-order valence-electron chi connectivity index (χ1n) is 4.87. The van der Waals surface area contributed by atoms with Crippen LogP contribution < -0.4 is 0 Å². The molecule has 0 aromatic rings. The van der Waals surface area contributed by atoms with Gasteiger partial charge >= 0.3 is 0 Å². The highest BCUT2D eigenvalue weighted by Gasteiger charge is 2.57. The van der Waals surface area contributed by atoms with Gasteiger partial charge in [-0.3, -0.25) is 0 Å². The third-order valence-electron chi connectivity index (χ3n) is 2.84. The van der Waals surface area contributed by atoms with Crippen molar-refractivity contribution >= 4 is 0 Å². The minimum Gasteiger partial charge on any atom is -0.387 e. The molecule has 3 N–H and O–H groups in total. The topological polar surface area (TPSA) is 79.2 Å². The third-order valence-corrected chi connectivity index (χ3v) is 2.84. The maximum absolute atomic E-state index is 13.3. The lowest BCUT2D eigenvalue weighted by Crippen LogP contribution is -2.61. The lowest BCUT2D eigenvalue weighted by atomic mass is 9.86. The molecular formula is C9H15FO5. The second-order valence-corrected chi connectivity index (χ2v) is 4.48. The van der Waals surface area contributed by atoms with Crippen LogP contribution in [-0.4, -0.2) is 57.8 Å². The van der Waals surface area contributed by atoms with Crippen molar-refractivity contribution in [2.45, 2.75) is 56.3 Å². The van der Waals surface area contributed by atoms with E-state index in [0.29, 0.717) is 0 Å². The predicted molar refractivity (Wildman–Crippen MR) is 46.7 cm³/mol. The molecule has 0 aromatic carbocycles. The highest BCUT2D eigenvalue weighted by Crippen LogP contribution is 2.38. The zero-order chi connectivity index (χ0) is 11.4. The Hall–Kier alpha value is -0.270. The fraction of sp³-hybridized carbons (Fsp3) is 1.00. The lowest BCUT2D eigenvalue weighted by Gasteiger charge is -2.37. The number of aliphatic hydroxyl groups excluding tert-OH is 3. The van der Waals surface area contributed by atoms with E-state index in [4.69, 9.17) is 9.47 Å². The quantitative estimate of drug-likeness (QED) is 0.487. The van der Waals surface area contributed by atoms with Gasteiger partial charge in [0.2, 0.25) is 0 Å². The Labute approximate surface area is 86.4 Å². The number of aliphatic hydroxyl groups is 3. The molecule has 2 fully saturated rings. The number of halogens is 1. The van der Waals surface area contributed by atoms with Crippen molar-refractivity contribution in [2.75, 3.05) is 0 Å². The van der Waals surface area contributed by atoms with Crippen LogP contribution in [0.2, 0.25) is 0 Å². The van der Waals surface area contributed by atoms with Gasteiger partial charge in [0.1, 0.15) is 30.5 Å². The molecule has 1 aliphatic heterocycles. The summed E-state index contributed by atoms with van der Waals surface area (Å²) in [5.74, 6) is -0.985. The highest BCUT2D eigenvalue weighted by molar-refractivity contribution is 5.03. The molecule has 1 saturated carbocycles. The van der Waals surface area contributed by atoms with Crippen LogP contribution in [0.3, 0.4) is 0 Å². The minimum absolute atomic E-state index is 0.892. The number of alkyl halides is 1. The van der Waals surface area contributed by atoms with Gasteiger partial charge in [-0.25, -0.2) is 4.39 Å². The first kappa shape index (κ1) is 11.2. The average Bonchev–Trinajstić information content (AvgIpc) is 2.48. The van der Waals surface area contributed by atoms with Crippen molar-refractivity contribution in [1.82, 2.24) is 0 Å². The normalized spacial score (nSPS) is 54.0. The molecule has 1 heterocycles. The van der Waals surface area contributed by atoms with E-state index in [1.807, 2.05) is 0 Å². The minimum atomic E-state index is -1.92. The third kappa shape index (κ3) is 1.66. The van der Waals surface area contributed by atoms with Crippen molar-refractivity contribution in [3.05, 3.63) is 0 Å². The number of rotatable bonds is 0. The van der Waals surface area contributed by atoms with Crippen molar-refractivity contribution in [3.63, 3.8) is 0 Å². The van der Waals surface area contributed by atoms with Gasteiger partial charge in [-0.1, -0.05) is 0 Å². The average molecular weight is 222 g/mol. The smallest absolute Gasteiger partial charge is 0.164 e. The summed E-state index contributed by atoms with van der Waals surface area (Å²) in [6.45, 7) is 3.20. The van der Waals surface area contributed by atoms with E-state index in [9.17, 15) is 19.7 Å². The Kier molecular flexibility index (Phi) is 2.51. The summed E-state index contributed by atoms with van der Waals surface area (Å²) in [5, 5.41) is 28.4. The number of hydrogen-bond donors (Lipinski definition) is 3. The van der Waals surface area contributed by atoms with E-state index in [2.05, 4.69) is 0 Å². The van der Waals surface area contributed by atoms with Crippen molar-refractivity contribution in [3.8, 4) is 0 Å². The number of fused-ring (bicyclic) bond motifs is 1. The molecule has 0 aromatic heterocycles. The van der Waals surface area contributed by atoms with E-state index < -0.39 is 42.5 Å². The van der Waals surface area contributed by atoms with Crippen LogP contribution >= 0.6 is 0 Å². The second kappa shape index (κ2) is 3.36. The summed E-state index contributed by atoms with van der Waals surface area (Å²) < 4.78 is 23.9. The van der Waals surface area contributed by atoms with Gasteiger partial charge in [0.05, 0.1) is 0 Å². The monoisotopic (exact) mass is 222 g/mol. The summed E-state index contributed by atoms with van der Waals surface area (Å²) in [5.41, 5.74) is 0. The van der Waals surface area contributed by atoms with E-state index in [0.717, 1.165) is 0 Å². The molecule has 1 saturated heterocycles. The summed E-state index contributed by atoms with van der Waals surface area (Å²) in [4.78, 5) is 0. The van der Waals surface area contributed by atoms with Gasteiger partial charge in [0, 0.05) is 0 Å². The molecule has 5 nitrogen and oxygen atoms in total. The van der Waals surface area contributed by atoms with Gasteiger partial charge in [-0.15, -0.1) is 0 Å². The molecular weight excluding hydrogens is 207 g/mol. The summed E-state index contributed by atoms with van der Waals surface area (Å²) in [6, 6.07) is 0. The van der Waals surface area contributed by atoms with Crippen molar-refractivity contribution in [1.29, 1.82) is 0 Å². The van der Waals surface area contributed by atoms with Crippen LogP contribution in [-0.2, 0) is 9.47 Å². The molecule has 0 unspecified atom stereocenters. The maximum Gasteiger partial charge on any atom is 0.164 e. The largest absolute Gasteiger partial charge is 0.387 e. The molecule has 15 heavy (non-hydrogen) atoms. The first-order valence-corrected chi connectivity index (χ1v) is 4.87. The van der Waals surface area contributed by atoms with Crippen LogP contribution in [0.1, 0.15) is 13.8 Å². The molecule has 2 rings (SSSR count). The Morgan fingerprint density at radius 3 is 1.93 bits per heavy atom. The Morgan fingerprint density at radius 1 is 0.933 bits per heavy atom. The molecule has 0 radical (unpaired) electrons. The predicted octanol–water partition coefficient (Wildman–Crippen LogP) is -1.06.